The molecule has 0 spiro atoms. The van der Waals surface area contributed by atoms with E-state index in [0.717, 1.165) is 6.42 Å². The summed E-state index contributed by atoms with van der Waals surface area (Å²) in [4.78, 5) is 12.1. The molecular formula is C15H20O3. The van der Waals surface area contributed by atoms with Crippen molar-refractivity contribution in [3.63, 3.8) is 0 Å². The minimum atomic E-state index is -0.687. The molecule has 98 valence electrons. The van der Waals surface area contributed by atoms with Gasteiger partial charge in [-0.05, 0) is 37.3 Å². The van der Waals surface area contributed by atoms with Crippen molar-refractivity contribution in [3.05, 3.63) is 35.4 Å². The Labute approximate surface area is 108 Å². The second-order valence-corrected chi connectivity index (χ2v) is 4.51. The van der Waals surface area contributed by atoms with Crippen molar-refractivity contribution in [2.75, 3.05) is 13.2 Å². The summed E-state index contributed by atoms with van der Waals surface area (Å²) < 4.78 is 10.7. The Bertz CT molecular complexity index is 408. The van der Waals surface area contributed by atoms with Gasteiger partial charge in [0.15, 0.2) is 5.78 Å². The van der Waals surface area contributed by atoms with Crippen LogP contribution in [0, 0.1) is 0 Å². The van der Waals surface area contributed by atoms with Gasteiger partial charge in [0, 0.05) is 19.6 Å². The molecule has 3 heteroatoms. The zero-order valence-electron chi connectivity index (χ0n) is 11.0. The summed E-state index contributed by atoms with van der Waals surface area (Å²) >= 11 is 0. The van der Waals surface area contributed by atoms with Crippen molar-refractivity contribution in [3.8, 4) is 0 Å². The minimum absolute atomic E-state index is 0.0539. The largest absolute Gasteiger partial charge is 0.346 e. The zero-order chi connectivity index (χ0) is 13.0. The second kappa shape index (κ2) is 6.12. The molecular weight excluding hydrogens is 228 g/mol. The molecule has 1 atom stereocenters. The SMILES string of the molecule is CCOC(OCC)C(=O)CC1Cc2ccccc21. The highest BCUT2D eigenvalue weighted by Crippen LogP contribution is 2.37. The lowest BCUT2D eigenvalue weighted by molar-refractivity contribution is -0.168. The maximum Gasteiger partial charge on any atom is 0.217 e. The molecule has 3 nitrogen and oxygen atoms in total. The van der Waals surface area contributed by atoms with Crippen molar-refractivity contribution >= 4 is 5.78 Å². The van der Waals surface area contributed by atoms with Gasteiger partial charge in [-0.15, -0.1) is 0 Å². The molecule has 0 N–H and O–H groups in total. The first-order chi connectivity index (χ1) is 8.76. The summed E-state index contributed by atoms with van der Waals surface area (Å²) in [5.41, 5.74) is 2.66. The molecule has 0 fully saturated rings. The van der Waals surface area contributed by atoms with Crippen LogP contribution in [0.1, 0.15) is 37.3 Å². The van der Waals surface area contributed by atoms with E-state index in [0.29, 0.717) is 25.6 Å². The fraction of sp³-hybridized carbons (Fsp3) is 0.533. The number of carbonyl (C=O) groups excluding carboxylic acids is 1. The van der Waals surface area contributed by atoms with E-state index in [9.17, 15) is 4.79 Å². The molecule has 1 aromatic rings. The summed E-state index contributed by atoms with van der Waals surface area (Å²) in [6, 6.07) is 8.30. The van der Waals surface area contributed by atoms with Crippen LogP contribution >= 0.6 is 0 Å². The first-order valence-corrected chi connectivity index (χ1v) is 6.60. The molecule has 0 heterocycles. The number of hydrogen-bond acceptors (Lipinski definition) is 3. The number of ether oxygens (including phenoxy) is 2. The van der Waals surface area contributed by atoms with Crippen LogP contribution in [0.15, 0.2) is 24.3 Å². The van der Waals surface area contributed by atoms with Gasteiger partial charge in [0.25, 0.3) is 0 Å². The Morgan fingerprint density at radius 1 is 1.28 bits per heavy atom. The Morgan fingerprint density at radius 3 is 2.56 bits per heavy atom. The zero-order valence-corrected chi connectivity index (χ0v) is 11.0. The van der Waals surface area contributed by atoms with Crippen molar-refractivity contribution in [2.24, 2.45) is 0 Å². The van der Waals surface area contributed by atoms with Crippen LogP contribution in [0.25, 0.3) is 0 Å². The van der Waals surface area contributed by atoms with Crippen LogP contribution in [0.5, 0.6) is 0 Å². The molecule has 0 amide bonds. The third kappa shape index (κ3) is 2.79. The van der Waals surface area contributed by atoms with Gasteiger partial charge in [-0.1, -0.05) is 24.3 Å². The molecule has 1 aromatic carbocycles. The summed E-state index contributed by atoms with van der Waals surface area (Å²) in [5.74, 6) is 0.398. The number of benzene rings is 1. The van der Waals surface area contributed by atoms with Gasteiger partial charge in [-0.3, -0.25) is 4.79 Å². The van der Waals surface area contributed by atoms with E-state index in [-0.39, 0.29) is 5.78 Å². The predicted molar refractivity (Wildman–Crippen MR) is 69.6 cm³/mol. The van der Waals surface area contributed by atoms with Crippen LogP contribution in [0.3, 0.4) is 0 Å². The van der Waals surface area contributed by atoms with Crippen LogP contribution in [0.4, 0.5) is 0 Å². The van der Waals surface area contributed by atoms with Crippen molar-refractivity contribution in [2.45, 2.75) is 38.9 Å². The Kier molecular flexibility index (Phi) is 4.50. The average Bonchev–Trinajstić information content (AvgIpc) is 2.35. The van der Waals surface area contributed by atoms with E-state index in [1.54, 1.807) is 0 Å². The summed E-state index contributed by atoms with van der Waals surface area (Å²) in [6.07, 6.45) is 0.821. The van der Waals surface area contributed by atoms with E-state index >= 15 is 0 Å². The van der Waals surface area contributed by atoms with Gasteiger partial charge < -0.3 is 9.47 Å². The van der Waals surface area contributed by atoms with E-state index in [1.807, 2.05) is 26.0 Å². The maximum atomic E-state index is 12.1. The standard InChI is InChI=1S/C15H20O3/c1-3-17-15(18-4-2)14(16)10-12-9-11-7-5-6-8-13(11)12/h5-8,12,15H,3-4,9-10H2,1-2H3. The lowest BCUT2D eigenvalue weighted by Crippen LogP contribution is -2.31. The van der Waals surface area contributed by atoms with E-state index in [1.165, 1.54) is 11.1 Å². The lowest BCUT2D eigenvalue weighted by Gasteiger charge is -2.30. The van der Waals surface area contributed by atoms with Crippen molar-refractivity contribution in [1.29, 1.82) is 0 Å². The third-order valence-electron chi connectivity index (χ3n) is 3.31. The van der Waals surface area contributed by atoms with Crippen LogP contribution in [-0.2, 0) is 20.7 Å². The minimum Gasteiger partial charge on any atom is -0.346 e. The number of Topliss-reactive ketones (excluding diaryl/α,β-unsaturated/α-hetero) is 1. The summed E-state index contributed by atoms with van der Waals surface area (Å²) in [5, 5.41) is 0. The van der Waals surface area contributed by atoms with Gasteiger partial charge in [-0.25, -0.2) is 0 Å². The van der Waals surface area contributed by atoms with Gasteiger partial charge in [0.05, 0.1) is 0 Å². The molecule has 0 aliphatic heterocycles. The molecule has 0 aromatic heterocycles. The fourth-order valence-corrected chi connectivity index (χ4v) is 2.42. The Balaban J connectivity index is 1.92. The molecule has 0 bridgehead atoms. The smallest absolute Gasteiger partial charge is 0.217 e. The van der Waals surface area contributed by atoms with Crippen molar-refractivity contribution < 1.29 is 14.3 Å². The van der Waals surface area contributed by atoms with Gasteiger partial charge in [0.1, 0.15) is 0 Å². The van der Waals surface area contributed by atoms with Crippen LogP contribution in [-0.4, -0.2) is 25.3 Å². The third-order valence-corrected chi connectivity index (χ3v) is 3.31. The normalized spacial score (nSPS) is 17.4. The molecule has 1 unspecified atom stereocenters. The van der Waals surface area contributed by atoms with E-state index in [2.05, 4.69) is 12.1 Å². The molecule has 1 aliphatic rings. The number of carbonyl (C=O) groups is 1. The Morgan fingerprint density at radius 2 is 1.94 bits per heavy atom. The molecule has 1 aliphatic carbocycles. The lowest BCUT2D eigenvalue weighted by atomic mass is 9.75. The van der Waals surface area contributed by atoms with Gasteiger partial charge in [0.2, 0.25) is 6.29 Å². The number of fused-ring (bicyclic) bond motifs is 1. The molecule has 0 saturated carbocycles. The monoisotopic (exact) mass is 248 g/mol. The quantitative estimate of drug-likeness (QED) is 0.696. The fourth-order valence-electron chi connectivity index (χ4n) is 2.42. The molecule has 18 heavy (non-hydrogen) atoms. The number of rotatable bonds is 7. The highest BCUT2D eigenvalue weighted by Gasteiger charge is 2.30. The summed E-state index contributed by atoms with van der Waals surface area (Å²) in [7, 11) is 0. The first-order valence-electron chi connectivity index (χ1n) is 6.60. The van der Waals surface area contributed by atoms with E-state index in [4.69, 9.17) is 9.47 Å². The molecule has 2 rings (SSSR count). The van der Waals surface area contributed by atoms with Gasteiger partial charge >= 0.3 is 0 Å². The first kappa shape index (κ1) is 13.2. The predicted octanol–water partition coefficient (Wildman–Crippen LogP) is 2.68. The summed E-state index contributed by atoms with van der Waals surface area (Å²) in [6.45, 7) is 4.74. The maximum absolute atomic E-state index is 12.1. The highest BCUT2D eigenvalue weighted by atomic mass is 16.7. The molecule has 0 saturated heterocycles. The highest BCUT2D eigenvalue weighted by molar-refractivity contribution is 5.83. The Hall–Kier alpha value is -1.19. The van der Waals surface area contributed by atoms with Crippen molar-refractivity contribution in [1.82, 2.24) is 0 Å². The topological polar surface area (TPSA) is 35.5 Å². The average molecular weight is 248 g/mol. The van der Waals surface area contributed by atoms with Gasteiger partial charge in [-0.2, -0.15) is 0 Å². The number of hydrogen-bond donors (Lipinski definition) is 0. The second-order valence-electron chi connectivity index (χ2n) is 4.51. The van der Waals surface area contributed by atoms with Crippen LogP contribution < -0.4 is 0 Å². The van der Waals surface area contributed by atoms with Crippen LogP contribution in [0.2, 0.25) is 0 Å². The number of ketones is 1. The van der Waals surface area contributed by atoms with E-state index < -0.39 is 6.29 Å². The molecule has 0 radical (unpaired) electrons.